The quantitative estimate of drug-likeness (QED) is 0.643. The van der Waals surface area contributed by atoms with Crippen molar-refractivity contribution < 1.29 is 14.6 Å². The molecule has 0 aromatic rings. The Labute approximate surface area is 80.0 Å². The molecule has 1 aliphatic carbocycles. The minimum absolute atomic E-state index is 0.131. The molecule has 0 aliphatic heterocycles. The Hall–Kier alpha value is -0.120. The van der Waals surface area contributed by atoms with E-state index in [0.717, 1.165) is 12.8 Å². The molecule has 2 unspecified atom stereocenters. The highest BCUT2D eigenvalue weighted by Gasteiger charge is 2.49. The van der Waals surface area contributed by atoms with E-state index in [2.05, 4.69) is 0 Å². The lowest BCUT2D eigenvalue weighted by molar-refractivity contribution is -0.144. The van der Waals surface area contributed by atoms with Gasteiger partial charge in [-0.15, -0.1) is 0 Å². The van der Waals surface area contributed by atoms with Crippen LogP contribution in [-0.4, -0.2) is 30.2 Å². The van der Waals surface area contributed by atoms with Crippen molar-refractivity contribution in [2.45, 2.75) is 45.5 Å². The van der Waals surface area contributed by atoms with Gasteiger partial charge >= 0.3 is 0 Å². The molecule has 3 heteroatoms. The summed E-state index contributed by atoms with van der Waals surface area (Å²) in [5.74, 6) is 0.357. The Bertz CT molecular complexity index is 150. The Morgan fingerprint density at radius 3 is 2.15 bits per heavy atom. The van der Waals surface area contributed by atoms with E-state index in [1.165, 1.54) is 0 Å². The average Bonchev–Trinajstić information content (AvgIpc) is 2.59. The number of hydrogen-bond donors (Lipinski definition) is 1. The van der Waals surface area contributed by atoms with Gasteiger partial charge < -0.3 is 14.6 Å². The maximum Gasteiger partial charge on any atom is 0.157 e. The molecule has 0 radical (unpaired) electrons. The molecule has 3 nitrogen and oxygen atoms in total. The first kappa shape index (κ1) is 11.0. The van der Waals surface area contributed by atoms with Gasteiger partial charge in [0.2, 0.25) is 0 Å². The molecule has 1 N–H and O–H groups in total. The second-order valence-corrected chi connectivity index (χ2v) is 3.83. The second kappa shape index (κ2) is 4.40. The van der Waals surface area contributed by atoms with Crippen LogP contribution >= 0.6 is 0 Å². The molecule has 0 spiro atoms. The van der Waals surface area contributed by atoms with Gasteiger partial charge in [-0.05, 0) is 33.1 Å². The zero-order valence-electron chi connectivity index (χ0n) is 8.75. The van der Waals surface area contributed by atoms with Crippen molar-refractivity contribution in [3.05, 3.63) is 0 Å². The van der Waals surface area contributed by atoms with Gasteiger partial charge in [-0.3, -0.25) is 0 Å². The fraction of sp³-hybridized carbons (Fsp3) is 1.00. The number of ether oxygens (including phenoxy) is 2. The van der Waals surface area contributed by atoms with Crippen LogP contribution in [0, 0.1) is 5.92 Å². The first-order valence-corrected chi connectivity index (χ1v) is 5.05. The molecule has 1 rings (SSSR count). The Morgan fingerprint density at radius 2 is 1.85 bits per heavy atom. The predicted molar refractivity (Wildman–Crippen MR) is 50.4 cm³/mol. The van der Waals surface area contributed by atoms with Crippen LogP contribution < -0.4 is 0 Å². The van der Waals surface area contributed by atoms with Crippen LogP contribution in [0.3, 0.4) is 0 Å². The summed E-state index contributed by atoms with van der Waals surface area (Å²) in [4.78, 5) is 0. The summed E-state index contributed by atoms with van der Waals surface area (Å²) >= 11 is 0. The number of rotatable bonds is 6. The van der Waals surface area contributed by atoms with Crippen molar-refractivity contribution in [3.63, 3.8) is 0 Å². The average molecular weight is 188 g/mol. The SMILES string of the molecule is CCOC(CC1CC1(C)O)OCC. The van der Waals surface area contributed by atoms with E-state index in [4.69, 9.17) is 9.47 Å². The molecule has 0 aromatic carbocycles. The molecule has 0 amide bonds. The molecule has 1 saturated carbocycles. The highest BCUT2D eigenvalue weighted by atomic mass is 16.7. The smallest absolute Gasteiger partial charge is 0.157 e. The summed E-state index contributed by atoms with van der Waals surface area (Å²) in [6, 6.07) is 0. The van der Waals surface area contributed by atoms with Crippen molar-refractivity contribution in [1.29, 1.82) is 0 Å². The molecule has 0 heterocycles. The van der Waals surface area contributed by atoms with Crippen LogP contribution in [0.2, 0.25) is 0 Å². The van der Waals surface area contributed by atoms with Crippen LogP contribution in [0.4, 0.5) is 0 Å². The monoisotopic (exact) mass is 188 g/mol. The molecular weight excluding hydrogens is 168 g/mol. The lowest BCUT2D eigenvalue weighted by Gasteiger charge is -2.17. The lowest BCUT2D eigenvalue weighted by Crippen LogP contribution is -2.20. The van der Waals surface area contributed by atoms with Gasteiger partial charge in [-0.2, -0.15) is 0 Å². The van der Waals surface area contributed by atoms with E-state index >= 15 is 0 Å². The van der Waals surface area contributed by atoms with E-state index in [9.17, 15) is 5.11 Å². The van der Waals surface area contributed by atoms with Gasteiger partial charge in [0.05, 0.1) is 5.60 Å². The van der Waals surface area contributed by atoms with E-state index < -0.39 is 5.60 Å². The zero-order valence-corrected chi connectivity index (χ0v) is 8.75. The van der Waals surface area contributed by atoms with Crippen LogP contribution in [0.1, 0.15) is 33.6 Å². The van der Waals surface area contributed by atoms with Gasteiger partial charge in [-0.25, -0.2) is 0 Å². The first-order chi connectivity index (χ1) is 6.10. The van der Waals surface area contributed by atoms with Gasteiger partial charge in [0, 0.05) is 19.6 Å². The molecule has 0 bridgehead atoms. The molecule has 13 heavy (non-hydrogen) atoms. The third kappa shape index (κ3) is 3.25. The Morgan fingerprint density at radius 1 is 1.38 bits per heavy atom. The number of hydrogen-bond acceptors (Lipinski definition) is 3. The summed E-state index contributed by atoms with van der Waals surface area (Å²) in [5.41, 5.74) is -0.466. The zero-order chi connectivity index (χ0) is 9.90. The largest absolute Gasteiger partial charge is 0.390 e. The Kier molecular flexibility index (Phi) is 3.71. The van der Waals surface area contributed by atoms with Crippen LogP contribution in [0.15, 0.2) is 0 Å². The van der Waals surface area contributed by atoms with Gasteiger partial charge in [-0.1, -0.05) is 0 Å². The highest BCUT2D eigenvalue weighted by molar-refractivity contribution is 4.99. The highest BCUT2D eigenvalue weighted by Crippen LogP contribution is 2.46. The second-order valence-electron chi connectivity index (χ2n) is 3.83. The van der Waals surface area contributed by atoms with Crippen LogP contribution in [0.5, 0.6) is 0 Å². The molecule has 0 aromatic heterocycles. The molecule has 1 fully saturated rings. The minimum Gasteiger partial charge on any atom is -0.390 e. The van der Waals surface area contributed by atoms with Crippen LogP contribution in [0.25, 0.3) is 0 Å². The summed E-state index contributed by atoms with van der Waals surface area (Å²) in [6.07, 6.45) is 1.56. The van der Waals surface area contributed by atoms with Crippen molar-refractivity contribution in [3.8, 4) is 0 Å². The van der Waals surface area contributed by atoms with E-state index in [1.807, 2.05) is 20.8 Å². The fourth-order valence-corrected chi connectivity index (χ4v) is 1.57. The van der Waals surface area contributed by atoms with E-state index in [-0.39, 0.29) is 6.29 Å². The molecular formula is C10H20O3. The number of aliphatic hydroxyl groups is 1. The molecule has 2 atom stereocenters. The summed E-state index contributed by atoms with van der Waals surface area (Å²) in [7, 11) is 0. The van der Waals surface area contributed by atoms with Gasteiger partial charge in [0.25, 0.3) is 0 Å². The third-order valence-corrected chi connectivity index (χ3v) is 2.56. The van der Waals surface area contributed by atoms with Crippen molar-refractivity contribution in [2.24, 2.45) is 5.92 Å². The molecule has 1 aliphatic rings. The normalized spacial score (nSPS) is 32.5. The minimum atomic E-state index is -0.466. The van der Waals surface area contributed by atoms with Gasteiger partial charge in [0.15, 0.2) is 6.29 Å². The van der Waals surface area contributed by atoms with Crippen molar-refractivity contribution in [2.75, 3.05) is 13.2 Å². The maximum atomic E-state index is 9.57. The van der Waals surface area contributed by atoms with E-state index in [0.29, 0.717) is 19.1 Å². The lowest BCUT2D eigenvalue weighted by atomic mass is 10.2. The summed E-state index contributed by atoms with van der Waals surface area (Å²) in [6.45, 7) is 7.11. The molecule has 78 valence electrons. The van der Waals surface area contributed by atoms with Crippen LogP contribution in [-0.2, 0) is 9.47 Å². The Balaban J connectivity index is 2.23. The van der Waals surface area contributed by atoms with E-state index in [1.54, 1.807) is 0 Å². The topological polar surface area (TPSA) is 38.7 Å². The summed E-state index contributed by atoms with van der Waals surface area (Å²) < 4.78 is 10.8. The van der Waals surface area contributed by atoms with Gasteiger partial charge in [0.1, 0.15) is 0 Å². The predicted octanol–water partition coefficient (Wildman–Crippen LogP) is 1.55. The maximum absolute atomic E-state index is 9.57. The van der Waals surface area contributed by atoms with Crippen molar-refractivity contribution >= 4 is 0 Å². The first-order valence-electron chi connectivity index (χ1n) is 5.05. The standard InChI is InChI=1S/C10H20O3/c1-4-12-9(13-5-2)6-8-7-10(8,3)11/h8-9,11H,4-7H2,1-3H3. The summed E-state index contributed by atoms with van der Waals surface area (Å²) in [5, 5.41) is 9.57. The molecule has 0 saturated heterocycles. The fourth-order valence-electron chi connectivity index (χ4n) is 1.57. The third-order valence-electron chi connectivity index (χ3n) is 2.56. The van der Waals surface area contributed by atoms with Crippen molar-refractivity contribution in [1.82, 2.24) is 0 Å².